The summed E-state index contributed by atoms with van der Waals surface area (Å²) in [6, 6.07) is 7.19. The molecule has 21 heavy (non-hydrogen) atoms. The van der Waals surface area contributed by atoms with Crippen LogP contribution in [-0.2, 0) is 14.4 Å². The van der Waals surface area contributed by atoms with E-state index in [1.165, 1.54) is 0 Å². The van der Waals surface area contributed by atoms with Crippen molar-refractivity contribution >= 4 is 17.8 Å². The molecule has 0 saturated heterocycles. The zero-order valence-corrected chi connectivity index (χ0v) is 11.9. The number of benzene rings is 1. The van der Waals surface area contributed by atoms with Crippen molar-refractivity contribution in [3.63, 3.8) is 0 Å². The molecule has 7 nitrogen and oxygen atoms in total. The minimum absolute atomic E-state index is 0.206. The Kier molecular flexibility index (Phi) is 6.19. The molecular weight excluding hydrogens is 276 g/mol. The van der Waals surface area contributed by atoms with Crippen LogP contribution in [0.15, 0.2) is 24.3 Å². The molecule has 0 aliphatic heterocycles. The second-order valence-electron chi connectivity index (χ2n) is 4.50. The van der Waals surface area contributed by atoms with Crippen LogP contribution in [0.5, 0.6) is 5.75 Å². The van der Waals surface area contributed by atoms with Gasteiger partial charge in [-0.2, -0.15) is 0 Å². The van der Waals surface area contributed by atoms with Gasteiger partial charge in [0.25, 0.3) is 5.91 Å². The largest absolute Gasteiger partial charge is 0.481 e. The number of aliphatic carboxylic acids is 1. The number of hydrogen-bond acceptors (Lipinski definition) is 4. The van der Waals surface area contributed by atoms with E-state index in [1.54, 1.807) is 19.1 Å². The van der Waals surface area contributed by atoms with E-state index in [-0.39, 0.29) is 12.8 Å². The number of carboxylic acids is 1. The first-order chi connectivity index (χ1) is 9.88. The van der Waals surface area contributed by atoms with Gasteiger partial charge in [0.1, 0.15) is 5.75 Å². The smallest absolute Gasteiger partial charge is 0.303 e. The molecule has 0 heterocycles. The third-order valence-electron chi connectivity index (χ3n) is 2.59. The first-order valence-corrected chi connectivity index (χ1v) is 6.42. The van der Waals surface area contributed by atoms with Gasteiger partial charge >= 0.3 is 5.97 Å². The summed E-state index contributed by atoms with van der Waals surface area (Å²) >= 11 is 0. The lowest BCUT2D eigenvalue weighted by Gasteiger charge is -2.15. The number of nitrogens with one attached hydrogen (secondary N) is 2. The Morgan fingerprint density at radius 1 is 1.14 bits per heavy atom. The monoisotopic (exact) mass is 294 g/mol. The molecule has 0 spiro atoms. The van der Waals surface area contributed by atoms with Crippen LogP contribution in [0.1, 0.15) is 25.3 Å². The third-order valence-corrected chi connectivity index (χ3v) is 2.59. The lowest BCUT2D eigenvalue weighted by molar-refractivity contribution is -0.139. The van der Waals surface area contributed by atoms with Crippen molar-refractivity contribution in [2.24, 2.45) is 0 Å². The minimum Gasteiger partial charge on any atom is -0.481 e. The SMILES string of the molecule is Cc1ccc(OC(C)C(=O)NNC(=O)CCC(=O)O)cc1. The summed E-state index contributed by atoms with van der Waals surface area (Å²) in [6.45, 7) is 3.48. The molecule has 0 fully saturated rings. The number of carbonyl (C=O) groups excluding carboxylic acids is 2. The van der Waals surface area contributed by atoms with Crippen LogP contribution in [0, 0.1) is 6.92 Å². The van der Waals surface area contributed by atoms with Crippen molar-refractivity contribution < 1.29 is 24.2 Å². The molecule has 0 aliphatic rings. The summed E-state index contributed by atoms with van der Waals surface area (Å²) in [4.78, 5) is 33.2. The average Bonchev–Trinajstić information content (AvgIpc) is 2.44. The Morgan fingerprint density at radius 2 is 1.76 bits per heavy atom. The van der Waals surface area contributed by atoms with E-state index in [0.29, 0.717) is 5.75 Å². The van der Waals surface area contributed by atoms with Gasteiger partial charge in [-0.25, -0.2) is 0 Å². The Morgan fingerprint density at radius 3 is 2.33 bits per heavy atom. The lowest BCUT2D eigenvalue weighted by Crippen LogP contribution is -2.47. The van der Waals surface area contributed by atoms with Crippen molar-refractivity contribution in [3.8, 4) is 5.75 Å². The van der Waals surface area contributed by atoms with Crippen molar-refractivity contribution in [1.29, 1.82) is 0 Å². The van der Waals surface area contributed by atoms with Gasteiger partial charge in [0.05, 0.1) is 6.42 Å². The third kappa shape index (κ3) is 6.42. The molecule has 1 aromatic carbocycles. The van der Waals surface area contributed by atoms with Crippen molar-refractivity contribution in [1.82, 2.24) is 10.9 Å². The highest BCUT2D eigenvalue weighted by Gasteiger charge is 2.15. The van der Waals surface area contributed by atoms with Gasteiger partial charge in [-0.3, -0.25) is 25.2 Å². The van der Waals surface area contributed by atoms with E-state index in [4.69, 9.17) is 9.84 Å². The van der Waals surface area contributed by atoms with E-state index in [2.05, 4.69) is 10.9 Å². The maximum atomic E-state index is 11.7. The normalized spacial score (nSPS) is 11.3. The number of hydrogen-bond donors (Lipinski definition) is 3. The van der Waals surface area contributed by atoms with Gasteiger partial charge in [0.15, 0.2) is 6.10 Å². The topological polar surface area (TPSA) is 105 Å². The van der Waals surface area contributed by atoms with Crippen LogP contribution in [0.4, 0.5) is 0 Å². The van der Waals surface area contributed by atoms with Crippen LogP contribution in [0.2, 0.25) is 0 Å². The summed E-state index contributed by atoms with van der Waals surface area (Å²) in [5.74, 6) is -1.64. The fourth-order valence-electron chi connectivity index (χ4n) is 1.39. The second kappa shape index (κ2) is 7.88. The molecular formula is C14H18N2O5. The molecule has 0 radical (unpaired) electrons. The highest BCUT2D eigenvalue weighted by molar-refractivity contribution is 5.85. The van der Waals surface area contributed by atoms with Crippen molar-refractivity contribution in [2.75, 3.05) is 0 Å². The number of carbonyl (C=O) groups is 3. The summed E-state index contributed by atoms with van der Waals surface area (Å²) in [5, 5.41) is 8.42. The molecule has 0 bridgehead atoms. The number of hydrazine groups is 1. The molecule has 1 atom stereocenters. The Hall–Kier alpha value is -2.57. The molecule has 0 saturated carbocycles. The molecule has 0 aliphatic carbocycles. The van der Waals surface area contributed by atoms with Gasteiger partial charge in [-0.1, -0.05) is 17.7 Å². The first-order valence-electron chi connectivity index (χ1n) is 6.42. The molecule has 1 rings (SSSR count). The maximum Gasteiger partial charge on any atom is 0.303 e. The van der Waals surface area contributed by atoms with Crippen LogP contribution >= 0.6 is 0 Å². The fraction of sp³-hybridized carbons (Fsp3) is 0.357. The molecule has 3 N–H and O–H groups in total. The molecule has 7 heteroatoms. The van der Waals surface area contributed by atoms with Gasteiger partial charge < -0.3 is 9.84 Å². The summed E-state index contributed by atoms with van der Waals surface area (Å²) in [6.07, 6.45) is -1.30. The Labute approximate surface area is 122 Å². The maximum absolute atomic E-state index is 11.7. The zero-order valence-electron chi connectivity index (χ0n) is 11.9. The van der Waals surface area contributed by atoms with Gasteiger partial charge in [-0.15, -0.1) is 0 Å². The number of ether oxygens (including phenoxy) is 1. The Bertz CT molecular complexity index is 513. The fourth-order valence-corrected chi connectivity index (χ4v) is 1.39. The number of carboxylic acid groups (broad SMARTS) is 1. The molecule has 0 aromatic heterocycles. The molecule has 1 aromatic rings. The first kappa shape index (κ1) is 16.5. The van der Waals surface area contributed by atoms with E-state index in [0.717, 1.165) is 5.56 Å². The minimum atomic E-state index is -1.08. The summed E-state index contributed by atoms with van der Waals surface area (Å²) < 4.78 is 5.40. The van der Waals surface area contributed by atoms with Crippen molar-refractivity contribution in [2.45, 2.75) is 32.8 Å². The van der Waals surface area contributed by atoms with Crippen LogP contribution in [-0.4, -0.2) is 29.0 Å². The Balaban J connectivity index is 2.35. The van der Waals surface area contributed by atoms with Gasteiger partial charge in [-0.05, 0) is 26.0 Å². The van der Waals surface area contributed by atoms with Crippen LogP contribution in [0.3, 0.4) is 0 Å². The number of aryl methyl sites for hydroxylation is 1. The average molecular weight is 294 g/mol. The lowest BCUT2D eigenvalue weighted by atomic mass is 10.2. The number of amides is 2. The van der Waals surface area contributed by atoms with E-state index in [9.17, 15) is 14.4 Å². The highest BCUT2D eigenvalue weighted by atomic mass is 16.5. The standard InChI is InChI=1S/C14H18N2O5/c1-9-3-5-11(6-4-9)21-10(2)14(20)16-15-12(17)7-8-13(18)19/h3-6,10H,7-8H2,1-2H3,(H,15,17)(H,16,20)(H,18,19). The predicted molar refractivity (Wildman–Crippen MR) is 74.4 cm³/mol. The predicted octanol–water partition coefficient (Wildman–Crippen LogP) is 0.775. The van der Waals surface area contributed by atoms with Crippen molar-refractivity contribution in [3.05, 3.63) is 29.8 Å². The highest BCUT2D eigenvalue weighted by Crippen LogP contribution is 2.13. The summed E-state index contributed by atoms with van der Waals surface area (Å²) in [7, 11) is 0. The van der Waals surface area contributed by atoms with Gasteiger partial charge in [0.2, 0.25) is 5.91 Å². The quantitative estimate of drug-likeness (QED) is 0.672. The summed E-state index contributed by atoms with van der Waals surface area (Å²) in [5.41, 5.74) is 5.39. The molecule has 2 amide bonds. The zero-order chi connectivity index (χ0) is 15.8. The molecule has 1 unspecified atom stereocenters. The van der Waals surface area contributed by atoms with E-state index < -0.39 is 23.9 Å². The number of rotatable bonds is 6. The molecule has 114 valence electrons. The second-order valence-corrected chi connectivity index (χ2v) is 4.50. The van der Waals surface area contributed by atoms with Crippen LogP contribution in [0.25, 0.3) is 0 Å². The van der Waals surface area contributed by atoms with E-state index in [1.807, 2.05) is 19.1 Å². The van der Waals surface area contributed by atoms with Crippen LogP contribution < -0.4 is 15.6 Å². The van der Waals surface area contributed by atoms with E-state index >= 15 is 0 Å². The van der Waals surface area contributed by atoms with Gasteiger partial charge in [0, 0.05) is 6.42 Å².